The van der Waals surface area contributed by atoms with Gasteiger partial charge in [-0.1, -0.05) is 27.7 Å². The first-order valence-electron chi connectivity index (χ1n) is 6.01. The van der Waals surface area contributed by atoms with Crippen LogP contribution in [0.3, 0.4) is 0 Å². The standard InChI is InChI=1S/C12H25NOS/c1-5-13-11-10(15-9(2)8-14)6-7-12(11,3)4/h9-11,13-14H,5-8H2,1-4H3. The minimum atomic E-state index is 0.292. The van der Waals surface area contributed by atoms with Gasteiger partial charge in [0.15, 0.2) is 0 Å². The van der Waals surface area contributed by atoms with Crippen molar-refractivity contribution in [1.29, 1.82) is 0 Å². The zero-order valence-corrected chi connectivity index (χ0v) is 11.2. The predicted molar refractivity (Wildman–Crippen MR) is 68.4 cm³/mol. The van der Waals surface area contributed by atoms with Crippen LogP contribution >= 0.6 is 11.8 Å². The molecule has 0 bridgehead atoms. The molecule has 0 aromatic rings. The molecule has 0 heterocycles. The smallest absolute Gasteiger partial charge is 0.0547 e. The normalized spacial score (nSPS) is 31.8. The number of hydrogen-bond donors (Lipinski definition) is 2. The Morgan fingerprint density at radius 1 is 1.53 bits per heavy atom. The average Bonchev–Trinajstić information content (AvgIpc) is 2.45. The maximum Gasteiger partial charge on any atom is 0.0547 e. The fourth-order valence-corrected chi connectivity index (χ4v) is 4.01. The molecule has 15 heavy (non-hydrogen) atoms. The molecule has 2 N–H and O–H groups in total. The molecule has 0 aromatic carbocycles. The molecule has 1 rings (SSSR count). The Hall–Kier alpha value is 0.270. The number of thioether (sulfide) groups is 1. The number of aliphatic hydroxyl groups excluding tert-OH is 1. The van der Waals surface area contributed by atoms with Crippen LogP contribution in [0.15, 0.2) is 0 Å². The Morgan fingerprint density at radius 3 is 2.73 bits per heavy atom. The molecule has 1 aliphatic rings. The van der Waals surface area contributed by atoms with Crippen LogP contribution in [-0.2, 0) is 0 Å². The zero-order valence-electron chi connectivity index (χ0n) is 10.4. The summed E-state index contributed by atoms with van der Waals surface area (Å²) in [6.07, 6.45) is 2.57. The highest BCUT2D eigenvalue weighted by Crippen LogP contribution is 2.43. The lowest BCUT2D eigenvalue weighted by atomic mass is 9.87. The summed E-state index contributed by atoms with van der Waals surface area (Å²) in [5.41, 5.74) is 0.406. The Balaban J connectivity index is 2.57. The van der Waals surface area contributed by atoms with E-state index in [0.717, 1.165) is 6.54 Å². The first kappa shape index (κ1) is 13.3. The van der Waals surface area contributed by atoms with E-state index < -0.39 is 0 Å². The van der Waals surface area contributed by atoms with Gasteiger partial charge in [-0.15, -0.1) is 0 Å². The second-order valence-electron chi connectivity index (χ2n) is 5.23. The van der Waals surface area contributed by atoms with Gasteiger partial charge < -0.3 is 10.4 Å². The third kappa shape index (κ3) is 3.36. The monoisotopic (exact) mass is 231 g/mol. The van der Waals surface area contributed by atoms with E-state index >= 15 is 0 Å². The van der Waals surface area contributed by atoms with E-state index in [1.165, 1.54) is 12.8 Å². The van der Waals surface area contributed by atoms with Gasteiger partial charge in [-0.2, -0.15) is 11.8 Å². The van der Waals surface area contributed by atoms with Gasteiger partial charge >= 0.3 is 0 Å². The molecule has 0 spiro atoms. The van der Waals surface area contributed by atoms with Crippen LogP contribution in [0.1, 0.15) is 40.5 Å². The molecule has 1 saturated carbocycles. The van der Waals surface area contributed by atoms with Gasteiger partial charge in [0.25, 0.3) is 0 Å². The van der Waals surface area contributed by atoms with Crippen LogP contribution in [0.2, 0.25) is 0 Å². The topological polar surface area (TPSA) is 32.3 Å². The van der Waals surface area contributed by atoms with E-state index in [0.29, 0.717) is 28.6 Å². The summed E-state index contributed by atoms with van der Waals surface area (Å²) in [7, 11) is 0. The lowest BCUT2D eigenvalue weighted by Crippen LogP contribution is -2.43. The van der Waals surface area contributed by atoms with Crippen LogP contribution in [0.5, 0.6) is 0 Å². The summed E-state index contributed by atoms with van der Waals surface area (Å²) in [4.78, 5) is 0. The first-order valence-corrected chi connectivity index (χ1v) is 6.95. The van der Waals surface area contributed by atoms with Crippen molar-refractivity contribution in [3.63, 3.8) is 0 Å². The van der Waals surface area contributed by atoms with E-state index in [9.17, 15) is 0 Å². The Bertz CT molecular complexity index is 196. The number of aliphatic hydroxyl groups is 1. The van der Waals surface area contributed by atoms with Crippen molar-refractivity contribution in [2.75, 3.05) is 13.2 Å². The van der Waals surface area contributed by atoms with Gasteiger partial charge in [0.1, 0.15) is 0 Å². The molecule has 1 fully saturated rings. The Labute approximate surface area is 98.2 Å². The van der Waals surface area contributed by atoms with Gasteiger partial charge in [-0.3, -0.25) is 0 Å². The van der Waals surface area contributed by atoms with Gasteiger partial charge in [0, 0.05) is 16.5 Å². The minimum Gasteiger partial charge on any atom is -0.395 e. The molecule has 3 unspecified atom stereocenters. The van der Waals surface area contributed by atoms with E-state index in [-0.39, 0.29) is 0 Å². The molecule has 0 aromatic heterocycles. The molecule has 3 heteroatoms. The summed E-state index contributed by atoms with van der Waals surface area (Å²) in [6.45, 7) is 10.3. The van der Waals surface area contributed by atoms with Gasteiger partial charge in [-0.25, -0.2) is 0 Å². The van der Waals surface area contributed by atoms with Crippen molar-refractivity contribution < 1.29 is 5.11 Å². The fourth-order valence-electron chi connectivity index (χ4n) is 2.46. The summed E-state index contributed by atoms with van der Waals surface area (Å²) < 4.78 is 0. The summed E-state index contributed by atoms with van der Waals surface area (Å²) in [5, 5.41) is 13.7. The third-order valence-corrected chi connectivity index (χ3v) is 4.85. The van der Waals surface area contributed by atoms with Crippen LogP contribution < -0.4 is 5.32 Å². The number of nitrogens with one attached hydrogen (secondary N) is 1. The van der Waals surface area contributed by atoms with Gasteiger partial charge in [0.2, 0.25) is 0 Å². The van der Waals surface area contributed by atoms with Crippen LogP contribution in [0.4, 0.5) is 0 Å². The van der Waals surface area contributed by atoms with E-state index in [1.807, 2.05) is 11.8 Å². The molecule has 0 aliphatic heterocycles. The number of hydrogen-bond acceptors (Lipinski definition) is 3. The van der Waals surface area contributed by atoms with Gasteiger partial charge in [-0.05, 0) is 24.8 Å². The second-order valence-corrected chi connectivity index (χ2v) is 6.91. The highest BCUT2D eigenvalue weighted by molar-refractivity contribution is 8.00. The molecule has 0 amide bonds. The predicted octanol–water partition coefficient (Wildman–Crippen LogP) is 2.27. The van der Waals surface area contributed by atoms with Crippen molar-refractivity contribution in [3.8, 4) is 0 Å². The molecular formula is C12H25NOS. The third-order valence-electron chi connectivity index (χ3n) is 3.38. The van der Waals surface area contributed by atoms with Crippen molar-refractivity contribution >= 4 is 11.8 Å². The minimum absolute atomic E-state index is 0.292. The SMILES string of the molecule is CCNC1C(SC(C)CO)CCC1(C)C. The Kier molecular flexibility index (Phi) is 4.94. The summed E-state index contributed by atoms with van der Waals surface area (Å²) >= 11 is 1.95. The van der Waals surface area contributed by atoms with E-state index in [1.54, 1.807) is 0 Å². The van der Waals surface area contributed by atoms with Crippen LogP contribution in [-0.4, -0.2) is 34.8 Å². The van der Waals surface area contributed by atoms with Crippen molar-refractivity contribution in [1.82, 2.24) is 5.32 Å². The molecule has 3 atom stereocenters. The quantitative estimate of drug-likeness (QED) is 0.761. The van der Waals surface area contributed by atoms with Gasteiger partial charge in [0.05, 0.1) is 6.61 Å². The van der Waals surface area contributed by atoms with Crippen LogP contribution in [0, 0.1) is 5.41 Å². The van der Waals surface area contributed by atoms with Crippen LogP contribution in [0.25, 0.3) is 0 Å². The lowest BCUT2D eigenvalue weighted by Gasteiger charge is -2.32. The average molecular weight is 231 g/mol. The highest BCUT2D eigenvalue weighted by Gasteiger charge is 2.41. The highest BCUT2D eigenvalue weighted by atomic mass is 32.2. The largest absolute Gasteiger partial charge is 0.395 e. The molecule has 2 nitrogen and oxygen atoms in total. The van der Waals surface area contributed by atoms with Crippen molar-refractivity contribution in [3.05, 3.63) is 0 Å². The fraction of sp³-hybridized carbons (Fsp3) is 1.00. The van der Waals surface area contributed by atoms with Crippen molar-refractivity contribution in [2.24, 2.45) is 5.41 Å². The summed E-state index contributed by atoms with van der Waals surface area (Å²) in [6, 6.07) is 0.599. The number of rotatable bonds is 5. The first-order chi connectivity index (χ1) is 7.01. The molecule has 1 aliphatic carbocycles. The maximum absolute atomic E-state index is 9.10. The molecular weight excluding hydrogens is 206 g/mol. The lowest BCUT2D eigenvalue weighted by molar-refractivity contribution is 0.287. The van der Waals surface area contributed by atoms with E-state index in [4.69, 9.17) is 5.11 Å². The molecule has 0 radical (unpaired) electrons. The van der Waals surface area contributed by atoms with Crippen molar-refractivity contribution in [2.45, 2.75) is 57.1 Å². The molecule has 90 valence electrons. The maximum atomic E-state index is 9.10. The second kappa shape index (κ2) is 5.55. The molecule has 0 saturated heterocycles. The van der Waals surface area contributed by atoms with E-state index in [2.05, 4.69) is 33.0 Å². The summed E-state index contributed by atoms with van der Waals surface area (Å²) in [5.74, 6) is 0. The zero-order chi connectivity index (χ0) is 11.5. The Morgan fingerprint density at radius 2 is 2.20 bits per heavy atom.